The molecule has 0 radical (unpaired) electrons. The molecular weight excluding hydrogens is 266 g/mol. The van der Waals surface area contributed by atoms with E-state index < -0.39 is 0 Å². The molecule has 22 heavy (non-hydrogen) atoms. The van der Waals surface area contributed by atoms with E-state index in [0.717, 1.165) is 6.04 Å². The molecule has 0 aromatic carbocycles. The molecule has 0 spiro atoms. The third kappa shape index (κ3) is 16.3. The monoisotopic (exact) mass is 311 g/mol. The zero-order valence-electron chi connectivity index (χ0n) is 16.1. The van der Waals surface area contributed by atoms with Crippen molar-refractivity contribution in [2.75, 3.05) is 6.54 Å². The Morgan fingerprint density at radius 1 is 0.500 bits per heavy atom. The van der Waals surface area contributed by atoms with Gasteiger partial charge in [-0.25, -0.2) is 0 Å². The quantitative estimate of drug-likeness (QED) is 0.263. The van der Waals surface area contributed by atoms with Crippen LogP contribution in [0.25, 0.3) is 0 Å². The second-order valence-electron chi connectivity index (χ2n) is 7.12. The number of rotatable bonds is 18. The molecule has 0 rings (SSSR count). The summed E-state index contributed by atoms with van der Waals surface area (Å²) < 4.78 is 0. The molecule has 134 valence electrons. The summed E-state index contributed by atoms with van der Waals surface area (Å²) in [5.41, 5.74) is 0. The molecule has 0 aromatic heterocycles. The zero-order chi connectivity index (χ0) is 16.3. The number of nitrogens with one attached hydrogen (secondary N) is 1. The first-order valence-electron chi connectivity index (χ1n) is 10.6. The summed E-state index contributed by atoms with van der Waals surface area (Å²) in [6.07, 6.45) is 22.5. The van der Waals surface area contributed by atoms with E-state index in [4.69, 9.17) is 0 Å². The van der Waals surface area contributed by atoms with E-state index in [-0.39, 0.29) is 0 Å². The first kappa shape index (κ1) is 22.0. The smallest absolute Gasteiger partial charge is 0.00670 e. The largest absolute Gasteiger partial charge is 0.314 e. The van der Waals surface area contributed by atoms with Crippen LogP contribution in [0.1, 0.15) is 124 Å². The van der Waals surface area contributed by atoms with Gasteiger partial charge in [-0.15, -0.1) is 0 Å². The molecule has 0 heterocycles. The second-order valence-corrected chi connectivity index (χ2v) is 7.12. The molecule has 0 aromatic rings. The Bertz CT molecular complexity index is 178. The summed E-state index contributed by atoms with van der Waals surface area (Å²) in [6, 6.07) is 0.796. The van der Waals surface area contributed by atoms with Crippen LogP contribution in [0.15, 0.2) is 0 Å². The Labute approximate surface area is 142 Å². The van der Waals surface area contributed by atoms with Gasteiger partial charge in [-0.1, -0.05) is 104 Å². The van der Waals surface area contributed by atoms with Gasteiger partial charge in [-0.3, -0.25) is 0 Å². The lowest BCUT2D eigenvalue weighted by molar-refractivity contribution is 0.408. The Morgan fingerprint density at radius 3 is 1.41 bits per heavy atom. The van der Waals surface area contributed by atoms with E-state index in [1.54, 1.807) is 0 Å². The standard InChI is InChI=1S/C21H45N/c1-4-7-10-13-14-17-20-22-21(18-15-11-8-5-2)19-16-12-9-6-3/h21-22H,4-20H2,1-3H3. The molecule has 1 N–H and O–H groups in total. The van der Waals surface area contributed by atoms with Crippen LogP contribution in [0.5, 0.6) is 0 Å². The zero-order valence-corrected chi connectivity index (χ0v) is 16.1. The van der Waals surface area contributed by atoms with Gasteiger partial charge in [-0.05, 0) is 25.8 Å². The van der Waals surface area contributed by atoms with Gasteiger partial charge in [0.05, 0.1) is 0 Å². The van der Waals surface area contributed by atoms with Crippen molar-refractivity contribution < 1.29 is 0 Å². The van der Waals surface area contributed by atoms with Gasteiger partial charge < -0.3 is 5.32 Å². The predicted molar refractivity (Wildman–Crippen MR) is 103 cm³/mol. The van der Waals surface area contributed by atoms with Crippen molar-refractivity contribution in [3.8, 4) is 0 Å². The molecule has 0 atom stereocenters. The van der Waals surface area contributed by atoms with Gasteiger partial charge in [0.1, 0.15) is 0 Å². The highest BCUT2D eigenvalue weighted by Gasteiger charge is 2.07. The first-order chi connectivity index (χ1) is 10.8. The Morgan fingerprint density at radius 2 is 0.909 bits per heavy atom. The van der Waals surface area contributed by atoms with Crippen LogP contribution < -0.4 is 5.32 Å². The number of unbranched alkanes of at least 4 members (excludes halogenated alkanes) is 11. The van der Waals surface area contributed by atoms with Gasteiger partial charge in [0.25, 0.3) is 0 Å². The Hall–Kier alpha value is -0.0400. The molecule has 0 saturated heterocycles. The van der Waals surface area contributed by atoms with E-state index in [1.807, 2.05) is 0 Å². The van der Waals surface area contributed by atoms with Crippen molar-refractivity contribution >= 4 is 0 Å². The predicted octanol–water partition coefficient (Wildman–Crippen LogP) is 7.25. The summed E-state index contributed by atoms with van der Waals surface area (Å²) in [5.74, 6) is 0. The lowest BCUT2D eigenvalue weighted by Crippen LogP contribution is -2.30. The minimum atomic E-state index is 0.796. The van der Waals surface area contributed by atoms with Crippen molar-refractivity contribution in [1.29, 1.82) is 0 Å². The van der Waals surface area contributed by atoms with E-state index in [2.05, 4.69) is 26.1 Å². The highest BCUT2D eigenvalue weighted by atomic mass is 14.9. The molecule has 1 nitrogen and oxygen atoms in total. The van der Waals surface area contributed by atoms with Crippen molar-refractivity contribution in [2.24, 2.45) is 0 Å². The van der Waals surface area contributed by atoms with Crippen LogP contribution in [0.4, 0.5) is 0 Å². The summed E-state index contributed by atoms with van der Waals surface area (Å²) in [5, 5.41) is 3.86. The summed E-state index contributed by atoms with van der Waals surface area (Å²) in [6.45, 7) is 8.15. The molecule has 1 heteroatoms. The first-order valence-corrected chi connectivity index (χ1v) is 10.6. The maximum Gasteiger partial charge on any atom is 0.00670 e. The van der Waals surface area contributed by atoms with Crippen molar-refractivity contribution in [2.45, 2.75) is 130 Å². The van der Waals surface area contributed by atoms with Crippen LogP contribution in [0, 0.1) is 0 Å². The third-order valence-electron chi connectivity index (χ3n) is 4.78. The molecule has 0 fully saturated rings. The lowest BCUT2D eigenvalue weighted by Gasteiger charge is -2.19. The summed E-state index contributed by atoms with van der Waals surface area (Å²) >= 11 is 0. The topological polar surface area (TPSA) is 12.0 Å². The van der Waals surface area contributed by atoms with Crippen LogP contribution in [0.2, 0.25) is 0 Å². The van der Waals surface area contributed by atoms with E-state index in [9.17, 15) is 0 Å². The van der Waals surface area contributed by atoms with Crippen LogP contribution in [-0.2, 0) is 0 Å². The molecule has 0 unspecified atom stereocenters. The van der Waals surface area contributed by atoms with Crippen LogP contribution >= 0.6 is 0 Å². The summed E-state index contributed by atoms with van der Waals surface area (Å²) in [7, 11) is 0. The van der Waals surface area contributed by atoms with Crippen LogP contribution in [0.3, 0.4) is 0 Å². The molecular formula is C21H45N. The van der Waals surface area contributed by atoms with E-state index >= 15 is 0 Å². The molecule has 0 amide bonds. The van der Waals surface area contributed by atoms with Gasteiger partial charge >= 0.3 is 0 Å². The highest BCUT2D eigenvalue weighted by Crippen LogP contribution is 2.13. The fraction of sp³-hybridized carbons (Fsp3) is 1.00. The minimum absolute atomic E-state index is 0.796. The molecule has 0 aliphatic rings. The SMILES string of the molecule is CCCCCCCCNC(CCCCCC)CCCCCC. The minimum Gasteiger partial charge on any atom is -0.314 e. The Balaban J connectivity index is 3.66. The highest BCUT2D eigenvalue weighted by molar-refractivity contribution is 4.67. The fourth-order valence-electron chi connectivity index (χ4n) is 3.20. The van der Waals surface area contributed by atoms with E-state index in [1.165, 1.54) is 109 Å². The summed E-state index contributed by atoms with van der Waals surface area (Å²) in [4.78, 5) is 0. The maximum atomic E-state index is 3.86. The van der Waals surface area contributed by atoms with Gasteiger partial charge in [-0.2, -0.15) is 0 Å². The maximum absolute atomic E-state index is 3.86. The third-order valence-corrected chi connectivity index (χ3v) is 4.78. The molecule has 0 aliphatic carbocycles. The van der Waals surface area contributed by atoms with Crippen LogP contribution in [-0.4, -0.2) is 12.6 Å². The molecule has 0 bridgehead atoms. The van der Waals surface area contributed by atoms with Gasteiger partial charge in [0, 0.05) is 6.04 Å². The number of hydrogen-bond acceptors (Lipinski definition) is 1. The van der Waals surface area contributed by atoms with Gasteiger partial charge in [0.2, 0.25) is 0 Å². The fourth-order valence-corrected chi connectivity index (χ4v) is 3.20. The van der Waals surface area contributed by atoms with Crippen molar-refractivity contribution in [3.63, 3.8) is 0 Å². The second kappa shape index (κ2) is 19.0. The molecule has 0 aliphatic heterocycles. The van der Waals surface area contributed by atoms with Gasteiger partial charge in [0.15, 0.2) is 0 Å². The van der Waals surface area contributed by atoms with Crippen molar-refractivity contribution in [3.05, 3.63) is 0 Å². The normalized spacial score (nSPS) is 11.5. The molecule has 0 saturated carbocycles. The Kier molecular flexibility index (Phi) is 19.0. The average molecular weight is 312 g/mol. The number of hydrogen-bond donors (Lipinski definition) is 1. The lowest BCUT2D eigenvalue weighted by atomic mass is 10.0. The average Bonchev–Trinajstić information content (AvgIpc) is 2.53. The van der Waals surface area contributed by atoms with Crippen molar-refractivity contribution in [1.82, 2.24) is 5.32 Å². The van der Waals surface area contributed by atoms with E-state index in [0.29, 0.717) is 0 Å².